The lowest BCUT2D eigenvalue weighted by Crippen LogP contribution is -2.51. The van der Waals surface area contributed by atoms with Crippen molar-refractivity contribution < 1.29 is 28.3 Å². The Morgan fingerprint density at radius 2 is 1.92 bits per heavy atom. The van der Waals surface area contributed by atoms with Gasteiger partial charge in [0, 0.05) is 31.8 Å². The van der Waals surface area contributed by atoms with Gasteiger partial charge >= 0.3 is 0 Å². The highest BCUT2D eigenvalue weighted by atomic mass is 16.5. The summed E-state index contributed by atoms with van der Waals surface area (Å²) in [6, 6.07) is 19.3. The second-order valence-electron chi connectivity index (χ2n) is 11.5. The number of H-pyrrole nitrogens is 1. The summed E-state index contributed by atoms with van der Waals surface area (Å²) in [7, 11) is 3.44. The summed E-state index contributed by atoms with van der Waals surface area (Å²) in [5.74, 6) is 0.617. The van der Waals surface area contributed by atoms with Crippen LogP contribution in [0.15, 0.2) is 77.3 Å². The zero-order valence-corrected chi connectivity index (χ0v) is 27.0. The Bertz CT molecular complexity index is 1910. The second kappa shape index (κ2) is 14.3. The van der Waals surface area contributed by atoms with Crippen LogP contribution in [0.1, 0.15) is 33.9 Å². The lowest BCUT2D eigenvalue weighted by atomic mass is 10.0. The molecule has 4 heterocycles. The number of methoxy groups -OCH3 is 1. The van der Waals surface area contributed by atoms with Crippen molar-refractivity contribution in [2.24, 2.45) is 7.05 Å². The van der Waals surface area contributed by atoms with Crippen molar-refractivity contribution in [1.82, 2.24) is 35.3 Å². The molecule has 3 N–H and O–H groups in total. The van der Waals surface area contributed by atoms with Crippen LogP contribution in [0.4, 0.5) is 0 Å². The molecule has 6 rings (SSSR count). The van der Waals surface area contributed by atoms with Gasteiger partial charge in [-0.1, -0.05) is 30.3 Å². The lowest BCUT2D eigenvalue weighted by molar-refractivity contribution is -0.129. The molecule has 3 aromatic heterocycles. The topological polar surface area (TPSA) is 157 Å². The minimum absolute atomic E-state index is 0.0861. The number of oxazole rings is 1. The molecule has 13 heteroatoms. The normalized spacial score (nSPS) is 15.9. The smallest absolute Gasteiger partial charge is 0.272 e. The summed E-state index contributed by atoms with van der Waals surface area (Å²) >= 11 is 0. The van der Waals surface area contributed by atoms with Gasteiger partial charge < -0.3 is 34.0 Å². The van der Waals surface area contributed by atoms with Gasteiger partial charge in [0.1, 0.15) is 28.9 Å². The van der Waals surface area contributed by atoms with Gasteiger partial charge in [-0.3, -0.25) is 19.5 Å². The van der Waals surface area contributed by atoms with Gasteiger partial charge in [-0.05, 0) is 55.3 Å². The summed E-state index contributed by atoms with van der Waals surface area (Å²) in [6.45, 7) is 1.98. The van der Waals surface area contributed by atoms with Crippen molar-refractivity contribution in [3.8, 4) is 34.3 Å². The molecular formula is C35H37N7O6. The van der Waals surface area contributed by atoms with Crippen molar-refractivity contribution in [1.29, 1.82) is 0 Å². The number of aromatic amines is 1. The first-order chi connectivity index (χ1) is 23.3. The highest BCUT2D eigenvalue weighted by molar-refractivity contribution is 5.96. The Hall–Kier alpha value is -5.85. The van der Waals surface area contributed by atoms with Crippen LogP contribution in [0, 0.1) is 6.92 Å². The Kier molecular flexibility index (Phi) is 9.55. The molecule has 0 saturated carbocycles. The van der Waals surface area contributed by atoms with Gasteiger partial charge in [-0.15, -0.1) is 0 Å². The van der Waals surface area contributed by atoms with Gasteiger partial charge in [0.2, 0.25) is 17.7 Å². The van der Waals surface area contributed by atoms with E-state index in [1.807, 2.05) is 66.3 Å². The lowest BCUT2D eigenvalue weighted by Gasteiger charge is -2.24. The monoisotopic (exact) mass is 651 g/mol. The van der Waals surface area contributed by atoms with Crippen LogP contribution in [0.5, 0.6) is 11.5 Å². The van der Waals surface area contributed by atoms with E-state index in [4.69, 9.17) is 13.9 Å². The molecule has 5 aromatic rings. The van der Waals surface area contributed by atoms with Crippen molar-refractivity contribution in [2.75, 3.05) is 26.8 Å². The maximum absolute atomic E-state index is 13.8. The van der Waals surface area contributed by atoms with Gasteiger partial charge in [-0.25, -0.2) is 4.98 Å². The zero-order chi connectivity index (χ0) is 33.6. The van der Waals surface area contributed by atoms with Crippen LogP contribution < -0.4 is 20.1 Å². The molecule has 0 radical (unpaired) electrons. The predicted octanol–water partition coefficient (Wildman–Crippen LogP) is 3.66. The molecule has 1 aliphatic heterocycles. The third-order valence-electron chi connectivity index (χ3n) is 8.13. The number of amides is 3. The van der Waals surface area contributed by atoms with E-state index in [1.165, 1.54) is 4.90 Å². The van der Waals surface area contributed by atoms with E-state index >= 15 is 0 Å². The number of hydrogen-bond donors (Lipinski definition) is 3. The quantitative estimate of drug-likeness (QED) is 0.260. The molecule has 0 spiro atoms. The average Bonchev–Trinajstić information content (AvgIpc) is 3.84. The average molecular weight is 652 g/mol. The molecule has 0 saturated heterocycles. The number of aryl methyl sites for hydroxylation is 2. The number of ether oxygens (including phenoxy) is 2. The summed E-state index contributed by atoms with van der Waals surface area (Å²) in [4.78, 5) is 47.0. The molecule has 3 amide bonds. The molecule has 0 aliphatic carbocycles. The largest absolute Gasteiger partial charge is 0.493 e. The highest BCUT2D eigenvalue weighted by Gasteiger charge is 2.26. The molecule has 2 aromatic carbocycles. The number of carbonyl (C=O) groups is 3. The van der Waals surface area contributed by atoms with Gasteiger partial charge in [0.25, 0.3) is 5.91 Å². The third-order valence-corrected chi connectivity index (χ3v) is 8.13. The number of aromatic nitrogens is 4. The highest BCUT2D eigenvalue weighted by Crippen LogP contribution is 2.33. The fraction of sp³-hybridized carbons (Fsp3) is 0.286. The molecule has 4 bridgehead atoms. The van der Waals surface area contributed by atoms with Crippen LogP contribution in [0.25, 0.3) is 22.8 Å². The molecule has 13 nitrogen and oxygen atoms in total. The fourth-order valence-corrected chi connectivity index (χ4v) is 5.55. The second-order valence-corrected chi connectivity index (χ2v) is 11.5. The van der Waals surface area contributed by atoms with Gasteiger partial charge in [0.15, 0.2) is 11.5 Å². The number of nitrogens with zero attached hydrogens (tertiary/aromatic N) is 4. The summed E-state index contributed by atoms with van der Waals surface area (Å²) in [5, 5.41) is 12.9. The summed E-state index contributed by atoms with van der Waals surface area (Å²) in [6.07, 6.45) is 2.53. The van der Waals surface area contributed by atoms with Crippen molar-refractivity contribution >= 4 is 17.7 Å². The molecule has 0 unspecified atom stereocenters. The minimum Gasteiger partial charge on any atom is -0.493 e. The molecular weight excluding hydrogens is 614 g/mol. The number of carbonyl (C=O) groups excluding carboxylic acids is 3. The zero-order valence-electron chi connectivity index (χ0n) is 27.0. The first kappa shape index (κ1) is 32.1. The van der Waals surface area contributed by atoms with Crippen LogP contribution >= 0.6 is 0 Å². The molecule has 248 valence electrons. The van der Waals surface area contributed by atoms with Crippen molar-refractivity contribution in [2.45, 2.75) is 32.4 Å². The van der Waals surface area contributed by atoms with E-state index in [-0.39, 0.29) is 38.4 Å². The van der Waals surface area contributed by atoms with Crippen molar-refractivity contribution in [3.63, 3.8) is 0 Å². The number of fused-ring (bicyclic) bond motifs is 5. The number of benzene rings is 2. The summed E-state index contributed by atoms with van der Waals surface area (Å²) < 4.78 is 19.5. The fourth-order valence-electron chi connectivity index (χ4n) is 5.55. The first-order valence-electron chi connectivity index (χ1n) is 15.6. The van der Waals surface area contributed by atoms with E-state index in [0.717, 1.165) is 11.3 Å². The number of rotatable bonds is 5. The third kappa shape index (κ3) is 7.25. The van der Waals surface area contributed by atoms with E-state index in [9.17, 15) is 14.4 Å². The maximum Gasteiger partial charge on any atom is 0.272 e. The van der Waals surface area contributed by atoms with Crippen LogP contribution in [0.2, 0.25) is 0 Å². The maximum atomic E-state index is 13.8. The minimum atomic E-state index is -0.911. The van der Waals surface area contributed by atoms with Crippen LogP contribution in [0.3, 0.4) is 0 Å². The molecule has 0 fully saturated rings. The number of hydrogen-bond acceptors (Lipinski definition) is 8. The SMILES string of the molecule is COc1ccc2cc1OCCCN(C(=O)c1cc(-c3cccn3C)n[nH]1)CC(=O)N[C@H](Cc1ccccc1)C(=O)NCc1nc-2oc1C. The van der Waals surface area contributed by atoms with E-state index in [0.29, 0.717) is 46.5 Å². The standard InChI is InChI=1S/C35H37N7O6/c1-22-28-20-36-33(44)26(17-23-9-5-4-6-10-23)37-32(43)21-42(35(45)27-19-25(39-40-27)29-11-7-14-41(29)2)15-8-16-47-31-18-24(34(38-28)48-22)12-13-30(31)46-3/h4-7,9-14,18-19,26H,8,15-17,20-21H2,1-3H3,(H,36,44)(H,37,43)(H,39,40)/t26-/m1/s1. The van der Waals surface area contributed by atoms with E-state index in [1.54, 1.807) is 32.2 Å². The first-order valence-corrected chi connectivity index (χ1v) is 15.6. The Morgan fingerprint density at radius 1 is 1.08 bits per heavy atom. The Morgan fingerprint density at radius 3 is 2.69 bits per heavy atom. The van der Waals surface area contributed by atoms with E-state index < -0.39 is 23.8 Å². The van der Waals surface area contributed by atoms with Gasteiger partial charge in [-0.2, -0.15) is 5.10 Å². The Balaban J connectivity index is 1.30. The van der Waals surface area contributed by atoms with E-state index in [2.05, 4.69) is 25.8 Å². The van der Waals surface area contributed by atoms with Crippen LogP contribution in [-0.4, -0.2) is 75.2 Å². The Labute approximate surface area is 277 Å². The molecule has 48 heavy (non-hydrogen) atoms. The summed E-state index contributed by atoms with van der Waals surface area (Å²) in [5.41, 5.74) is 3.75. The van der Waals surface area contributed by atoms with Crippen molar-refractivity contribution in [3.05, 3.63) is 95.6 Å². The molecule has 1 atom stereocenters. The van der Waals surface area contributed by atoms with Crippen LogP contribution in [-0.2, 0) is 29.6 Å². The predicted molar refractivity (Wildman–Crippen MR) is 176 cm³/mol. The molecule has 1 aliphatic rings. The van der Waals surface area contributed by atoms with Gasteiger partial charge in [0.05, 0.1) is 32.5 Å². The number of nitrogens with one attached hydrogen (secondary N) is 3.